The maximum absolute atomic E-state index is 12.7. The van der Waals surface area contributed by atoms with Crippen molar-refractivity contribution in [3.8, 4) is 11.5 Å². The summed E-state index contributed by atoms with van der Waals surface area (Å²) in [4.78, 5) is 49.7. The number of aliphatic carboxylic acids is 1. The Labute approximate surface area is 179 Å². The largest absolute Gasteiger partial charge is 0.504 e. The number of alkyl carbamates (subject to hydrolysis) is 1. The van der Waals surface area contributed by atoms with E-state index in [9.17, 15) is 34.5 Å². The van der Waals surface area contributed by atoms with Crippen LogP contribution < -0.4 is 5.32 Å². The molecule has 1 aliphatic heterocycles. The normalized spacial score (nSPS) is 16.5. The fourth-order valence-electron chi connectivity index (χ4n) is 3.25. The summed E-state index contributed by atoms with van der Waals surface area (Å²) in [6.07, 6.45) is 1.19. The summed E-state index contributed by atoms with van der Waals surface area (Å²) in [7, 11) is 0. The molecule has 31 heavy (non-hydrogen) atoms. The Balaban J connectivity index is 1.84. The summed E-state index contributed by atoms with van der Waals surface area (Å²) in [5.41, 5.74) is -0.635. The molecule has 1 saturated heterocycles. The second-order valence-corrected chi connectivity index (χ2v) is 8.14. The molecule has 10 nitrogen and oxygen atoms in total. The monoisotopic (exact) mass is 436 g/mol. The molecule has 1 aromatic carbocycles. The van der Waals surface area contributed by atoms with Crippen LogP contribution in [0.2, 0.25) is 0 Å². The van der Waals surface area contributed by atoms with Gasteiger partial charge < -0.3 is 30.3 Å². The fraction of sp³-hybridized carbons (Fsp3) is 0.524. The highest BCUT2D eigenvalue weighted by Crippen LogP contribution is 2.25. The number of amides is 2. The number of nitrogens with zero attached hydrogens (tertiary/aromatic N) is 1. The van der Waals surface area contributed by atoms with E-state index in [0.717, 1.165) is 4.90 Å². The van der Waals surface area contributed by atoms with E-state index >= 15 is 0 Å². The quantitative estimate of drug-likeness (QED) is 0.353. The number of hydrogen-bond acceptors (Lipinski definition) is 7. The van der Waals surface area contributed by atoms with Gasteiger partial charge in [0.25, 0.3) is 5.91 Å². The Bertz CT molecular complexity index is 852. The molecule has 2 rings (SSSR count). The van der Waals surface area contributed by atoms with E-state index in [4.69, 9.17) is 4.74 Å². The molecular weight excluding hydrogens is 408 g/mol. The second kappa shape index (κ2) is 10.1. The van der Waals surface area contributed by atoms with E-state index in [1.165, 1.54) is 26.0 Å². The van der Waals surface area contributed by atoms with Crippen LogP contribution in [0.15, 0.2) is 18.2 Å². The highest BCUT2D eigenvalue weighted by molar-refractivity contribution is 6.38. The molecule has 170 valence electrons. The van der Waals surface area contributed by atoms with E-state index in [1.54, 1.807) is 6.07 Å². The zero-order chi connectivity index (χ0) is 23.2. The molecule has 4 N–H and O–H groups in total. The lowest BCUT2D eigenvalue weighted by Crippen LogP contribution is -2.53. The van der Waals surface area contributed by atoms with Crippen LogP contribution in [0, 0.1) is 5.41 Å². The number of rotatable bonds is 8. The van der Waals surface area contributed by atoms with Crippen molar-refractivity contribution < 1.29 is 39.2 Å². The zero-order valence-electron chi connectivity index (χ0n) is 17.6. The Morgan fingerprint density at radius 1 is 1.16 bits per heavy atom. The van der Waals surface area contributed by atoms with Crippen LogP contribution in [0.4, 0.5) is 4.79 Å². The molecule has 0 aromatic heterocycles. The number of benzene rings is 1. The number of Topliss-reactive ketones (excluding diaryl/α,β-unsaturated/α-hetero) is 1. The van der Waals surface area contributed by atoms with Crippen LogP contribution >= 0.6 is 0 Å². The van der Waals surface area contributed by atoms with Crippen molar-refractivity contribution in [2.45, 2.75) is 45.6 Å². The molecule has 0 saturated carbocycles. The highest BCUT2D eigenvalue weighted by atomic mass is 16.5. The van der Waals surface area contributed by atoms with Crippen LogP contribution in [-0.2, 0) is 25.5 Å². The maximum atomic E-state index is 12.7. The van der Waals surface area contributed by atoms with E-state index < -0.39 is 35.2 Å². The van der Waals surface area contributed by atoms with Gasteiger partial charge in [0.1, 0.15) is 12.6 Å². The average molecular weight is 436 g/mol. The summed E-state index contributed by atoms with van der Waals surface area (Å²) in [5, 5.41) is 30.6. The lowest BCUT2D eigenvalue weighted by Gasteiger charge is -2.34. The number of carboxylic acids is 1. The number of ether oxygens (including phenoxy) is 1. The molecule has 0 aliphatic carbocycles. The van der Waals surface area contributed by atoms with E-state index in [0.29, 0.717) is 31.2 Å². The van der Waals surface area contributed by atoms with Gasteiger partial charge in [-0.1, -0.05) is 6.07 Å². The van der Waals surface area contributed by atoms with Gasteiger partial charge >= 0.3 is 12.1 Å². The molecule has 0 bridgehead atoms. The lowest BCUT2D eigenvalue weighted by atomic mass is 9.87. The molecule has 1 heterocycles. The Morgan fingerprint density at radius 3 is 2.52 bits per heavy atom. The summed E-state index contributed by atoms with van der Waals surface area (Å²) in [5.74, 6) is -3.34. The standard InChI is InChI=1S/C21H28N2O8/c1-21(2,17(26)18(27)23-10-4-3-5-14(23)19(28)29)12-31-20(30)22-9-8-13-6-7-15(24)16(25)11-13/h6-7,11,14,24-25H,3-5,8-10,12H2,1-2H3,(H,22,30)(H,28,29)/t14-/m0/s1. The van der Waals surface area contributed by atoms with Crippen molar-refractivity contribution in [3.63, 3.8) is 0 Å². The molecular formula is C21H28N2O8. The fourth-order valence-corrected chi connectivity index (χ4v) is 3.25. The number of ketones is 1. The van der Waals surface area contributed by atoms with Crippen LogP contribution in [0.1, 0.15) is 38.7 Å². The second-order valence-electron chi connectivity index (χ2n) is 8.14. The van der Waals surface area contributed by atoms with Crippen LogP contribution in [0.5, 0.6) is 11.5 Å². The van der Waals surface area contributed by atoms with Gasteiger partial charge in [0.05, 0.1) is 5.41 Å². The Hall–Kier alpha value is -3.30. The van der Waals surface area contributed by atoms with Crippen molar-refractivity contribution in [2.75, 3.05) is 19.7 Å². The van der Waals surface area contributed by atoms with Crippen molar-refractivity contribution in [3.05, 3.63) is 23.8 Å². The van der Waals surface area contributed by atoms with Crippen molar-refractivity contribution in [1.29, 1.82) is 0 Å². The number of aromatic hydroxyl groups is 2. The number of nitrogens with one attached hydrogen (secondary N) is 1. The molecule has 1 aromatic rings. The number of likely N-dealkylation sites (tertiary alicyclic amines) is 1. The summed E-state index contributed by atoms with van der Waals surface area (Å²) >= 11 is 0. The molecule has 0 radical (unpaired) electrons. The minimum absolute atomic E-state index is 0.185. The summed E-state index contributed by atoms with van der Waals surface area (Å²) in [6, 6.07) is 3.29. The molecule has 1 aliphatic rings. The van der Waals surface area contributed by atoms with Gasteiger partial charge in [-0.05, 0) is 57.2 Å². The Kier molecular flexibility index (Phi) is 7.84. The minimum atomic E-state index is -1.32. The molecule has 0 unspecified atom stereocenters. The minimum Gasteiger partial charge on any atom is -0.504 e. The van der Waals surface area contributed by atoms with Crippen LogP contribution in [-0.4, -0.2) is 69.7 Å². The molecule has 2 amide bonds. The summed E-state index contributed by atoms with van der Waals surface area (Å²) < 4.78 is 5.07. The number of hydrogen-bond donors (Lipinski definition) is 4. The first kappa shape index (κ1) is 24.0. The van der Waals surface area contributed by atoms with Crippen molar-refractivity contribution >= 4 is 23.8 Å². The molecule has 1 fully saturated rings. The van der Waals surface area contributed by atoms with Gasteiger partial charge in [0, 0.05) is 13.1 Å². The first-order chi connectivity index (χ1) is 14.5. The molecule has 10 heteroatoms. The first-order valence-electron chi connectivity index (χ1n) is 10.0. The third kappa shape index (κ3) is 6.34. The predicted molar refractivity (Wildman–Crippen MR) is 109 cm³/mol. The molecule has 1 atom stereocenters. The smallest absolute Gasteiger partial charge is 0.407 e. The van der Waals surface area contributed by atoms with Gasteiger partial charge in [0.2, 0.25) is 5.78 Å². The van der Waals surface area contributed by atoms with E-state index in [2.05, 4.69) is 5.32 Å². The van der Waals surface area contributed by atoms with Crippen molar-refractivity contribution in [2.24, 2.45) is 5.41 Å². The van der Waals surface area contributed by atoms with Crippen molar-refractivity contribution in [1.82, 2.24) is 10.2 Å². The maximum Gasteiger partial charge on any atom is 0.407 e. The SMILES string of the molecule is CC(C)(COC(=O)NCCc1ccc(O)c(O)c1)C(=O)C(=O)N1CCCC[C@H]1C(=O)O. The Morgan fingerprint density at radius 2 is 1.87 bits per heavy atom. The van der Waals surface area contributed by atoms with Gasteiger partial charge in [0.15, 0.2) is 11.5 Å². The third-order valence-electron chi connectivity index (χ3n) is 5.14. The number of phenols is 2. The summed E-state index contributed by atoms with van der Waals surface area (Å²) in [6.45, 7) is 2.95. The number of carbonyl (C=O) groups is 4. The zero-order valence-corrected chi connectivity index (χ0v) is 17.6. The number of carbonyl (C=O) groups excluding carboxylic acids is 3. The van der Waals surface area contributed by atoms with E-state index in [1.807, 2.05) is 0 Å². The van der Waals surface area contributed by atoms with Gasteiger partial charge in [-0.15, -0.1) is 0 Å². The predicted octanol–water partition coefficient (Wildman–Crippen LogP) is 1.43. The number of piperidine rings is 1. The van der Waals surface area contributed by atoms with Crippen LogP contribution in [0.3, 0.4) is 0 Å². The van der Waals surface area contributed by atoms with E-state index in [-0.39, 0.29) is 31.2 Å². The van der Waals surface area contributed by atoms with Gasteiger partial charge in [-0.2, -0.15) is 0 Å². The van der Waals surface area contributed by atoms with Gasteiger partial charge in [-0.3, -0.25) is 9.59 Å². The molecule has 0 spiro atoms. The average Bonchev–Trinajstić information content (AvgIpc) is 2.73. The van der Waals surface area contributed by atoms with Crippen LogP contribution in [0.25, 0.3) is 0 Å². The highest BCUT2D eigenvalue weighted by Gasteiger charge is 2.41. The topological polar surface area (TPSA) is 153 Å². The van der Waals surface area contributed by atoms with Gasteiger partial charge in [-0.25, -0.2) is 9.59 Å². The third-order valence-corrected chi connectivity index (χ3v) is 5.14. The number of phenolic OH excluding ortho intramolecular Hbond substituents is 2. The number of carboxylic acid groups (broad SMARTS) is 1. The lowest BCUT2D eigenvalue weighted by molar-refractivity contribution is -0.158. The first-order valence-corrected chi connectivity index (χ1v) is 10.0.